The summed E-state index contributed by atoms with van der Waals surface area (Å²) >= 11 is 3.68. The monoisotopic (exact) mass is 297 g/mol. The van der Waals surface area contributed by atoms with Gasteiger partial charge in [0.15, 0.2) is 0 Å². The fraction of sp³-hybridized carbons (Fsp3) is 0.600. The predicted molar refractivity (Wildman–Crippen MR) is 79.5 cm³/mol. The Morgan fingerprint density at radius 3 is 2.53 bits per heavy atom. The molecule has 0 radical (unpaired) electrons. The van der Waals surface area contributed by atoms with Gasteiger partial charge in [0.1, 0.15) is 0 Å². The van der Waals surface area contributed by atoms with Crippen LogP contribution in [0.15, 0.2) is 28.7 Å². The molecule has 0 bridgehead atoms. The molecule has 0 aliphatic carbocycles. The Kier molecular flexibility index (Phi) is 6.83. The molecule has 0 saturated carbocycles. The molecule has 0 spiro atoms. The Labute approximate surface area is 114 Å². The van der Waals surface area contributed by atoms with Gasteiger partial charge < -0.3 is 5.32 Å². The van der Waals surface area contributed by atoms with Crippen molar-refractivity contribution in [3.63, 3.8) is 0 Å². The summed E-state index contributed by atoms with van der Waals surface area (Å²) in [7, 11) is 0. The van der Waals surface area contributed by atoms with E-state index in [2.05, 4.69) is 66.3 Å². The zero-order valence-electron chi connectivity index (χ0n) is 11.2. The van der Waals surface area contributed by atoms with Crippen LogP contribution in [-0.4, -0.2) is 13.1 Å². The lowest BCUT2D eigenvalue weighted by Gasteiger charge is -2.25. The van der Waals surface area contributed by atoms with Gasteiger partial charge in [0.2, 0.25) is 0 Å². The molecule has 1 N–H and O–H groups in total. The van der Waals surface area contributed by atoms with Crippen LogP contribution < -0.4 is 5.32 Å². The highest BCUT2D eigenvalue weighted by Crippen LogP contribution is 2.31. The SMILES string of the molecule is CCCNCC(c1ccccc1Br)C(C)CC. The van der Waals surface area contributed by atoms with Crippen LogP contribution in [0.3, 0.4) is 0 Å². The number of benzene rings is 1. The van der Waals surface area contributed by atoms with Crippen LogP contribution in [0.5, 0.6) is 0 Å². The molecule has 2 heteroatoms. The summed E-state index contributed by atoms with van der Waals surface area (Å²) in [6.45, 7) is 9.01. The van der Waals surface area contributed by atoms with Crippen molar-refractivity contribution in [3.05, 3.63) is 34.3 Å². The molecule has 0 amide bonds. The fourth-order valence-corrected chi connectivity index (χ4v) is 2.69. The van der Waals surface area contributed by atoms with E-state index in [9.17, 15) is 0 Å². The van der Waals surface area contributed by atoms with E-state index in [1.165, 1.54) is 22.9 Å². The van der Waals surface area contributed by atoms with Crippen LogP contribution in [-0.2, 0) is 0 Å². The number of nitrogens with one attached hydrogen (secondary N) is 1. The molecule has 0 saturated heterocycles. The highest BCUT2D eigenvalue weighted by molar-refractivity contribution is 9.10. The third-order valence-corrected chi connectivity index (χ3v) is 4.15. The van der Waals surface area contributed by atoms with Crippen molar-refractivity contribution in [2.24, 2.45) is 5.92 Å². The number of rotatable bonds is 7. The van der Waals surface area contributed by atoms with Gasteiger partial charge in [-0.2, -0.15) is 0 Å². The Bertz CT molecular complexity index is 324. The summed E-state index contributed by atoms with van der Waals surface area (Å²) in [5.74, 6) is 1.31. The van der Waals surface area contributed by atoms with Crippen molar-refractivity contribution >= 4 is 15.9 Å². The minimum Gasteiger partial charge on any atom is -0.316 e. The van der Waals surface area contributed by atoms with Crippen LogP contribution in [0, 0.1) is 5.92 Å². The Hall–Kier alpha value is -0.340. The lowest BCUT2D eigenvalue weighted by Crippen LogP contribution is -2.26. The van der Waals surface area contributed by atoms with E-state index in [1.807, 2.05) is 0 Å². The molecule has 96 valence electrons. The van der Waals surface area contributed by atoms with Gasteiger partial charge in [-0.25, -0.2) is 0 Å². The van der Waals surface area contributed by atoms with Crippen LogP contribution >= 0.6 is 15.9 Å². The molecule has 2 unspecified atom stereocenters. The molecular formula is C15H24BrN. The summed E-state index contributed by atoms with van der Waals surface area (Å²) < 4.78 is 1.24. The van der Waals surface area contributed by atoms with Gasteiger partial charge in [-0.15, -0.1) is 0 Å². The first-order valence-electron chi connectivity index (χ1n) is 6.65. The average Bonchev–Trinajstić information content (AvgIpc) is 2.35. The van der Waals surface area contributed by atoms with Gasteiger partial charge in [0.05, 0.1) is 0 Å². The maximum atomic E-state index is 3.68. The van der Waals surface area contributed by atoms with Crippen LogP contribution in [0.2, 0.25) is 0 Å². The van der Waals surface area contributed by atoms with Crippen molar-refractivity contribution in [1.29, 1.82) is 0 Å². The third kappa shape index (κ3) is 4.44. The molecule has 1 rings (SSSR count). The highest BCUT2D eigenvalue weighted by atomic mass is 79.9. The smallest absolute Gasteiger partial charge is 0.0210 e. The lowest BCUT2D eigenvalue weighted by molar-refractivity contribution is 0.420. The second-order valence-corrected chi connectivity index (χ2v) is 5.57. The van der Waals surface area contributed by atoms with Crippen molar-refractivity contribution in [3.8, 4) is 0 Å². The number of halogens is 1. The number of hydrogen-bond acceptors (Lipinski definition) is 1. The normalized spacial score (nSPS) is 14.6. The molecule has 0 aliphatic heterocycles. The molecule has 1 aromatic rings. The molecular weight excluding hydrogens is 274 g/mol. The first-order chi connectivity index (χ1) is 8.20. The van der Waals surface area contributed by atoms with E-state index in [4.69, 9.17) is 0 Å². The number of hydrogen-bond donors (Lipinski definition) is 1. The second kappa shape index (κ2) is 7.88. The van der Waals surface area contributed by atoms with E-state index in [1.54, 1.807) is 0 Å². The van der Waals surface area contributed by atoms with Gasteiger partial charge in [-0.3, -0.25) is 0 Å². The van der Waals surface area contributed by atoms with Crippen LogP contribution in [0.25, 0.3) is 0 Å². The first-order valence-corrected chi connectivity index (χ1v) is 7.45. The maximum Gasteiger partial charge on any atom is 0.0210 e. The topological polar surface area (TPSA) is 12.0 Å². The van der Waals surface area contributed by atoms with Crippen molar-refractivity contribution in [1.82, 2.24) is 5.32 Å². The summed E-state index contributed by atoms with van der Waals surface area (Å²) in [5.41, 5.74) is 1.44. The molecule has 0 aromatic heterocycles. The van der Waals surface area contributed by atoms with Gasteiger partial charge >= 0.3 is 0 Å². The molecule has 0 fully saturated rings. The largest absolute Gasteiger partial charge is 0.316 e. The molecule has 1 nitrogen and oxygen atoms in total. The van der Waals surface area contributed by atoms with Crippen LogP contribution in [0.1, 0.15) is 45.1 Å². The molecule has 1 aromatic carbocycles. The molecule has 0 heterocycles. The van der Waals surface area contributed by atoms with E-state index in [-0.39, 0.29) is 0 Å². The zero-order valence-corrected chi connectivity index (χ0v) is 12.8. The Balaban J connectivity index is 2.79. The van der Waals surface area contributed by atoms with Gasteiger partial charge in [0.25, 0.3) is 0 Å². The summed E-state index contributed by atoms with van der Waals surface area (Å²) in [4.78, 5) is 0. The Morgan fingerprint density at radius 1 is 1.24 bits per heavy atom. The van der Waals surface area contributed by atoms with Crippen molar-refractivity contribution in [2.45, 2.75) is 39.5 Å². The van der Waals surface area contributed by atoms with Crippen LogP contribution in [0.4, 0.5) is 0 Å². The van der Waals surface area contributed by atoms with E-state index in [0.717, 1.165) is 13.1 Å². The quantitative estimate of drug-likeness (QED) is 0.727. The maximum absolute atomic E-state index is 3.68. The first kappa shape index (κ1) is 14.7. The van der Waals surface area contributed by atoms with Gasteiger partial charge in [-0.1, -0.05) is 61.3 Å². The average molecular weight is 298 g/mol. The van der Waals surface area contributed by atoms with Gasteiger partial charge in [-0.05, 0) is 30.5 Å². The Morgan fingerprint density at radius 2 is 1.94 bits per heavy atom. The van der Waals surface area contributed by atoms with E-state index < -0.39 is 0 Å². The third-order valence-electron chi connectivity index (χ3n) is 3.43. The van der Waals surface area contributed by atoms with Crippen molar-refractivity contribution in [2.75, 3.05) is 13.1 Å². The van der Waals surface area contributed by atoms with Gasteiger partial charge in [0, 0.05) is 16.9 Å². The summed E-state index contributed by atoms with van der Waals surface area (Å²) in [6, 6.07) is 8.61. The molecule has 2 atom stereocenters. The highest BCUT2D eigenvalue weighted by Gasteiger charge is 2.19. The molecule has 0 aliphatic rings. The van der Waals surface area contributed by atoms with E-state index >= 15 is 0 Å². The predicted octanol–water partition coefficient (Wildman–Crippen LogP) is 4.58. The standard InChI is InChI=1S/C15H24BrN/c1-4-10-17-11-14(12(3)5-2)13-8-6-7-9-15(13)16/h6-9,12,14,17H,4-5,10-11H2,1-3H3. The lowest BCUT2D eigenvalue weighted by atomic mass is 9.85. The summed E-state index contributed by atoms with van der Waals surface area (Å²) in [5, 5.41) is 3.56. The van der Waals surface area contributed by atoms with Crippen molar-refractivity contribution < 1.29 is 0 Å². The minimum absolute atomic E-state index is 0.599. The zero-order chi connectivity index (χ0) is 12.7. The fourth-order valence-electron chi connectivity index (χ4n) is 2.11. The van der Waals surface area contributed by atoms with E-state index in [0.29, 0.717) is 11.8 Å². The summed E-state index contributed by atoms with van der Waals surface area (Å²) in [6.07, 6.45) is 2.42. The minimum atomic E-state index is 0.599. The second-order valence-electron chi connectivity index (χ2n) is 4.72. The molecule has 17 heavy (non-hydrogen) atoms.